The minimum atomic E-state index is -0.434. The van der Waals surface area contributed by atoms with Gasteiger partial charge < -0.3 is 15.2 Å². The molecule has 0 saturated heterocycles. The maximum Gasteiger partial charge on any atom is 0.266 e. The minimum absolute atomic E-state index is 0.123. The number of H-pyrrole nitrogens is 1. The van der Waals surface area contributed by atoms with Gasteiger partial charge in [0.05, 0.1) is 12.7 Å². The summed E-state index contributed by atoms with van der Waals surface area (Å²) in [6.07, 6.45) is 0. The van der Waals surface area contributed by atoms with Crippen LogP contribution in [-0.2, 0) is 6.54 Å². The summed E-state index contributed by atoms with van der Waals surface area (Å²) in [4.78, 5) is 28.2. The number of nitrogens with zero attached hydrogens (tertiary/aromatic N) is 2. The fraction of sp³-hybridized carbons (Fsp3) is 0.235. The van der Waals surface area contributed by atoms with Gasteiger partial charge in [0.25, 0.3) is 11.5 Å². The van der Waals surface area contributed by atoms with E-state index >= 15 is 0 Å². The highest BCUT2D eigenvalue weighted by molar-refractivity contribution is 5.97. The second kappa shape index (κ2) is 6.31. The molecular weight excluding hydrogens is 324 g/mol. The number of rotatable bonds is 4. The van der Waals surface area contributed by atoms with Crippen LogP contribution >= 0.6 is 0 Å². The molecule has 8 nitrogen and oxygen atoms in total. The van der Waals surface area contributed by atoms with E-state index in [-0.39, 0.29) is 23.4 Å². The van der Waals surface area contributed by atoms with Crippen molar-refractivity contribution in [2.24, 2.45) is 0 Å². The lowest BCUT2D eigenvalue weighted by Gasteiger charge is -2.13. The number of hydrogen-bond donors (Lipinski definition) is 3. The summed E-state index contributed by atoms with van der Waals surface area (Å²) in [6.45, 7) is 3.85. The number of aromatic hydroxyl groups is 1. The number of benzene rings is 1. The summed E-state index contributed by atoms with van der Waals surface area (Å²) in [5, 5.41) is 15.3. The SMILES string of the molecule is COc1ccc(O)c(C(=O)NCc2c(C)nc3cc(=O)[nH]n3c2C)c1. The quantitative estimate of drug-likeness (QED) is 0.662. The lowest BCUT2D eigenvalue weighted by Crippen LogP contribution is -2.24. The summed E-state index contributed by atoms with van der Waals surface area (Å²) in [5.74, 6) is -0.0883. The molecule has 1 aromatic carbocycles. The van der Waals surface area contributed by atoms with Crippen LogP contribution in [0, 0.1) is 13.8 Å². The fourth-order valence-electron chi connectivity index (χ4n) is 2.70. The zero-order valence-electron chi connectivity index (χ0n) is 14.1. The molecule has 0 saturated carbocycles. The zero-order chi connectivity index (χ0) is 18.1. The van der Waals surface area contributed by atoms with E-state index in [9.17, 15) is 14.7 Å². The highest BCUT2D eigenvalue weighted by Crippen LogP contribution is 2.23. The third-order valence-corrected chi connectivity index (χ3v) is 4.08. The van der Waals surface area contributed by atoms with Gasteiger partial charge in [0.1, 0.15) is 11.5 Å². The molecule has 1 amide bonds. The van der Waals surface area contributed by atoms with Gasteiger partial charge in [0.2, 0.25) is 0 Å². The molecule has 3 N–H and O–H groups in total. The molecule has 25 heavy (non-hydrogen) atoms. The average molecular weight is 342 g/mol. The van der Waals surface area contributed by atoms with E-state index in [0.29, 0.717) is 17.1 Å². The Hall–Kier alpha value is -3.29. The second-order valence-electron chi connectivity index (χ2n) is 5.64. The standard InChI is InChI=1S/C17H18N4O4/c1-9-13(10(2)21-15(19-9)7-16(23)20-21)8-18-17(24)12-6-11(25-3)4-5-14(12)22/h4-7,22H,8H2,1-3H3,(H,18,24)(H,20,23). The number of phenolic OH excluding ortho intramolecular Hbond substituents is 1. The van der Waals surface area contributed by atoms with E-state index in [4.69, 9.17) is 4.74 Å². The summed E-state index contributed by atoms with van der Waals surface area (Å²) in [6, 6.07) is 5.86. The fourth-order valence-corrected chi connectivity index (χ4v) is 2.70. The minimum Gasteiger partial charge on any atom is -0.507 e. The van der Waals surface area contributed by atoms with Gasteiger partial charge >= 0.3 is 0 Å². The van der Waals surface area contributed by atoms with Gasteiger partial charge in [-0.1, -0.05) is 0 Å². The van der Waals surface area contributed by atoms with Crippen molar-refractivity contribution >= 4 is 11.6 Å². The predicted molar refractivity (Wildman–Crippen MR) is 91.1 cm³/mol. The Kier molecular flexibility index (Phi) is 4.18. The van der Waals surface area contributed by atoms with Gasteiger partial charge in [-0.05, 0) is 32.0 Å². The molecule has 2 aromatic heterocycles. The molecule has 130 valence electrons. The average Bonchev–Trinajstić information content (AvgIpc) is 2.95. The number of hydrogen-bond acceptors (Lipinski definition) is 5. The van der Waals surface area contributed by atoms with Crippen LogP contribution in [0.1, 0.15) is 27.3 Å². The first-order valence-electron chi connectivity index (χ1n) is 7.63. The Morgan fingerprint density at radius 2 is 2.12 bits per heavy atom. The number of carbonyl (C=O) groups excluding carboxylic acids is 1. The second-order valence-corrected chi connectivity index (χ2v) is 5.64. The molecule has 0 atom stereocenters. The molecule has 2 heterocycles. The first-order chi connectivity index (χ1) is 11.9. The molecule has 0 fully saturated rings. The number of aryl methyl sites for hydroxylation is 2. The highest BCUT2D eigenvalue weighted by Gasteiger charge is 2.15. The molecule has 0 spiro atoms. The Bertz CT molecular complexity index is 1020. The van der Waals surface area contributed by atoms with E-state index in [2.05, 4.69) is 15.4 Å². The van der Waals surface area contributed by atoms with Gasteiger partial charge in [0.15, 0.2) is 5.65 Å². The number of methoxy groups -OCH3 is 1. The molecule has 0 bridgehead atoms. The number of fused-ring (bicyclic) bond motifs is 1. The van der Waals surface area contributed by atoms with Crippen molar-refractivity contribution in [3.8, 4) is 11.5 Å². The molecule has 0 aliphatic heterocycles. The van der Waals surface area contributed by atoms with Crippen molar-refractivity contribution in [1.82, 2.24) is 19.9 Å². The van der Waals surface area contributed by atoms with Gasteiger partial charge in [-0.25, -0.2) is 9.50 Å². The van der Waals surface area contributed by atoms with E-state index in [0.717, 1.165) is 11.3 Å². The molecule has 3 rings (SSSR count). The first kappa shape index (κ1) is 16.6. The number of phenols is 1. The van der Waals surface area contributed by atoms with Crippen molar-refractivity contribution in [1.29, 1.82) is 0 Å². The van der Waals surface area contributed by atoms with Crippen LogP contribution in [0.15, 0.2) is 29.1 Å². The normalized spacial score (nSPS) is 10.8. The van der Waals surface area contributed by atoms with E-state index in [1.165, 1.54) is 25.3 Å². The van der Waals surface area contributed by atoms with Crippen LogP contribution in [0.5, 0.6) is 11.5 Å². The number of amides is 1. The Balaban J connectivity index is 1.87. The third-order valence-electron chi connectivity index (χ3n) is 4.08. The summed E-state index contributed by atoms with van der Waals surface area (Å²) < 4.78 is 6.66. The monoisotopic (exact) mass is 342 g/mol. The smallest absolute Gasteiger partial charge is 0.266 e. The molecular formula is C17H18N4O4. The zero-order valence-corrected chi connectivity index (χ0v) is 14.1. The third kappa shape index (κ3) is 3.06. The Labute approximate surface area is 143 Å². The lowest BCUT2D eigenvalue weighted by molar-refractivity contribution is 0.0947. The first-order valence-corrected chi connectivity index (χ1v) is 7.63. The maximum atomic E-state index is 12.4. The van der Waals surface area contributed by atoms with E-state index in [1.807, 2.05) is 13.8 Å². The van der Waals surface area contributed by atoms with Crippen molar-refractivity contribution in [2.75, 3.05) is 7.11 Å². The van der Waals surface area contributed by atoms with Crippen LogP contribution in [-0.4, -0.2) is 32.7 Å². The van der Waals surface area contributed by atoms with Crippen LogP contribution in [0.25, 0.3) is 5.65 Å². The molecule has 0 aliphatic rings. The maximum absolute atomic E-state index is 12.4. The number of carbonyl (C=O) groups is 1. The van der Waals surface area contributed by atoms with Gasteiger partial charge in [-0.2, -0.15) is 0 Å². The Morgan fingerprint density at radius 3 is 2.84 bits per heavy atom. The Morgan fingerprint density at radius 1 is 1.36 bits per heavy atom. The summed E-state index contributed by atoms with van der Waals surface area (Å²) in [5.41, 5.74) is 2.69. The van der Waals surface area contributed by atoms with Crippen molar-refractivity contribution in [2.45, 2.75) is 20.4 Å². The largest absolute Gasteiger partial charge is 0.507 e. The molecule has 8 heteroatoms. The molecule has 3 aromatic rings. The lowest BCUT2D eigenvalue weighted by atomic mass is 10.1. The molecule has 0 radical (unpaired) electrons. The van der Waals surface area contributed by atoms with E-state index in [1.54, 1.807) is 10.6 Å². The summed E-state index contributed by atoms with van der Waals surface area (Å²) in [7, 11) is 1.49. The number of nitrogens with one attached hydrogen (secondary N) is 2. The van der Waals surface area contributed by atoms with Gasteiger partial charge in [-0.15, -0.1) is 0 Å². The summed E-state index contributed by atoms with van der Waals surface area (Å²) >= 11 is 0. The topological polar surface area (TPSA) is 109 Å². The van der Waals surface area contributed by atoms with Crippen LogP contribution in [0.2, 0.25) is 0 Å². The van der Waals surface area contributed by atoms with Gasteiger partial charge in [-0.3, -0.25) is 14.7 Å². The number of aromatic amines is 1. The highest BCUT2D eigenvalue weighted by atomic mass is 16.5. The molecule has 0 unspecified atom stereocenters. The van der Waals surface area contributed by atoms with Crippen LogP contribution in [0.3, 0.4) is 0 Å². The van der Waals surface area contributed by atoms with Crippen LogP contribution in [0.4, 0.5) is 0 Å². The van der Waals surface area contributed by atoms with Crippen molar-refractivity contribution in [3.05, 3.63) is 57.1 Å². The molecule has 0 aliphatic carbocycles. The van der Waals surface area contributed by atoms with Gasteiger partial charge in [0, 0.05) is 29.6 Å². The predicted octanol–water partition coefficient (Wildman–Crippen LogP) is 1.28. The number of aromatic nitrogens is 3. The van der Waals surface area contributed by atoms with Crippen molar-refractivity contribution < 1.29 is 14.6 Å². The van der Waals surface area contributed by atoms with E-state index < -0.39 is 5.91 Å². The van der Waals surface area contributed by atoms with Crippen LogP contribution < -0.4 is 15.6 Å². The van der Waals surface area contributed by atoms with Crippen molar-refractivity contribution in [3.63, 3.8) is 0 Å². The number of ether oxygens (including phenoxy) is 1.